The average molecular weight is 953 g/mol. The van der Waals surface area contributed by atoms with Crippen molar-refractivity contribution < 1.29 is 39.8 Å². The molecule has 9 nitrogen and oxygen atoms in total. The molecule has 398 valence electrons. The quantitative estimate of drug-likeness (QED) is 0.0261. The van der Waals surface area contributed by atoms with Crippen LogP contribution in [0.15, 0.2) is 12.2 Å². The van der Waals surface area contributed by atoms with Crippen LogP contribution >= 0.6 is 0 Å². The number of unbranched alkanes of at least 4 members (excludes halogenated alkanes) is 41. The standard InChI is InChI=1S/C58H113NO8/c1-3-5-7-9-11-12-13-14-15-16-17-18-19-20-21-22-23-24-25-26-27-28-29-30-31-32-33-34-35-36-37-38-39-40-42-44-46-48-54(62)59-51(52(61)47-45-43-41-10-8-6-4-2)50-66-58-57(65)56(64)55(63)53(49-60)67-58/h45,47,51-53,55-58,60-61,63-65H,3-44,46,48-50H2,1-2H3,(H,59,62)/b47-45+. The second kappa shape index (κ2) is 48.6. The van der Waals surface area contributed by atoms with Crippen LogP contribution in [0.4, 0.5) is 0 Å². The van der Waals surface area contributed by atoms with Crippen LogP contribution in [-0.4, -0.2) is 87.5 Å². The Kier molecular flexibility index (Phi) is 46.3. The van der Waals surface area contributed by atoms with Crippen molar-refractivity contribution in [3.63, 3.8) is 0 Å². The van der Waals surface area contributed by atoms with Crippen molar-refractivity contribution in [2.24, 2.45) is 0 Å². The normalized spacial score (nSPS) is 19.7. The minimum absolute atomic E-state index is 0.175. The number of hydrogen-bond acceptors (Lipinski definition) is 8. The number of hydrogen-bond donors (Lipinski definition) is 6. The Morgan fingerprint density at radius 3 is 1.16 bits per heavy atom. The predicted octanol–water partition coefficient (Wildman–Crippen LogP) is 14.4. The first kappa shape index (κ1) is 63.9. The van der Waals surface area contributed by atoms with E-state index in [4.69, 9.17) is 9.47 Å². The average Bonchev–Trinajstić information content (AvgIpc) is 3.33. The first-order valence-electron chi connectivity index (χ1n) is 29.4. The van der Waals surface area contributed by atoms with Crippen LogP contribution in [0.1, 0.15) is 296 Å². The van der Waals surface area contributed by atoms with Crippen molar-refractivity contribution in [3.05, 3.63) is 12.2 Å². The molecule has 0 aromatic heterocycles. The summed E-state index contributed by atoms with van der Waals surface area (Å²) in [6.07, 6.45) is 53.6. The van der Waals surface area contributed by atoms with Gasteiger partial charge in [0.2, 0.25) is 5.91 Å². The van der Waals surface area contributed by atoms with Gasteiger partial charge in [-0.2, -0.15) is 0 Å². The van der Waals surface area contributed by atoms with Crippen LogP contribution in [0.3, 0.4) is 0 Å². The molecule has 1 aliphatic heterocycles. The number of carbonyl (C=O) groups excluding carboxylic acids is 1. The van der Waals surface area contributed by atoms with Crippen LogP contribution in [-0.2, 0) is 14.3 Å². The Balaban J connectivity index is 1.96. The van der Waals surface area contributed by atoms with Crippen molar-refractivity contribution in [2.45, 2.75) is 339 Å². The predicted molar refractivity (Wildman–Crippen MR) is 281 cm³/mol. The topological polar surface area (TPSA) is 149 Å². The summed E-state index contributed by atoms with van der Waals surface area (Å²) in [5.41, 5.74) is 0. The molecule has 1 amide bonds. The molecule has 1 fully saturated rings. The summed E-state index contributed by atoms with van der Waals surface area (Å²) in [5, 5.41) is 54.0. The molecular weight excluding hydrogens is 839 g/mol. The third-order valence-electron chi connectivity index (χ3n) is 14.4. The van der Waals surface area contributed by atoms with Crippen molar-refractivity contribution in [3.8, 4) is 0 Å². The van der Waals surface area contributed by atoms with Gasteiger partial charge in [0.05, 0.1) is 25.4 Å². The molecule has 0 aliphatic carbocycles. The van der Waals surface area contributed by atoms with E-state index in [0.717, 1.165) is 38.5 Å². The van der Waals surface area contributed by atoms with Crippen LogP contribution in [0, 0.1) is 0 Å². The molecule has 6 N–H and O–H groups in total. The molecule has 1 aliphatic rings. The highest BCUT2D eigenvalue weighted by Gasteiger charge is 2.44. The SMILES string of the molecule is CCCCCCC/C=C/C(O)C(COC1OC(CO)C(O)C(O)C1O)NC(=O)CCCCCCCCCCCCCCCCCCCCCCCCCCCCCCCCCCCCCCC. The van der Waals surface area contributed by atoms with Gasteiger partial charge in [-0.05, 0) is 19.3 Å². The molecule has 0 saturated carbocycles. The minimum Gasteiger partial charge on any atom is -0.394 e. The second-order valence-electron chi connectivity index (χ2n) is 20.8. The van der Waals surface area contributed by atoms with Gasteiger partial charge in [-0.15, -0.1) is 0 Å². The van der Waals surface area contributed by atoms with E-state index in [2.05, 4.69) is 19.2 Å². The van der Waals surface area contributed by atoms with Crippen LogP contribution < -0.4 is 5.32 Å². The van der Waals surface area contributed by atoms with Gasteiger partial charge in [-0.3, -0.25) is 4.79 Å². The van der Waals surface area contributed by atoms with Gasteiger partial charge in [0.25, 0.3) is 0 Å². The van der Waals surface area contributed by atoms with Gasteiger partial charge in [-0.1, -0.05) is 283 Å². The van der Waals surface area contributed by atoms with Gasteiger partial charge in [0.1, 0.15) is 24.4 Å². The van der Waals surface area contributed by atoms with Crippen molar-refractivity contribution >= 4 is 5.91 Å². The lowest BCUT2D eigenvalue weighted by molar-refractivity contribution is -0.302. The summed E-state index contributed by atoms with van der Waals surface area (Å²) in [6.45, 7) is 3.74. The molecule has 67 heavy (non-hydrogen) atoms. The molecule has 7 atom stereocenters. The first-order chi connectivity index (χ1) is 32.8. The number of ether oxygens (including phenoxy) is 2. The fraction of sp³-hybridized carbons (Fsp3) is 0.948. The Morgan fingerprint density at radius 2 is 0.821 bits per heavy atom. The number of nitrogens with one attached hydrogen (secondary N) is 1. The first-order valence-corrected chi connectivity index (χ1v) is 29.4. The van der Waals surface area contributed by atoms with E-state index in [1.165, 1.54) is 238 Å². The molecule has 0 radical (unpaired) electrons. The second-order valence-corrected chi connectivity index (χ2v) is 20.8. The van der Waals surface area contributed by atoms with Crippen molar-refractivity contribution in [2.75, 3.05) is 13.2 Å². The highest BCUT2D eigenvalue weighted by atomic mass is 16.7. The number of aliphatic hydroxyl groups is 5. The number of carbonyl (C=O) groups is 1. The lowest BCUT2D eigenvalue weighted by Gasteiger charge is -2.40. The molecular formula is C58H113NO8. The molecule has 0 bridgehead atoms. The summed E-state index contributed by atoms with van der Waals surface area (Å²) in [6, 6.07) is -0.797. The summed E-state index contributed by atoms with van der Waals surface area (Å²) >= 11 is 0. The smallest absolute Gasteiger partial charge is 0.220 e. The van der Waals surface area contributed by atoms with Gasteiger partial charge in [-0.25, -0.2) is 0 Å². The van der Waals surface area contributed by atoms with E-state index < -0.39 is 49.5 Å². The third-order valence-corrected chi connectivity index (χ3v) is 14.4. The summed E-state index contributed by atoms with van der Waals surface area (Å²) in [5.74, 6) is -0.175. The fourth-order valence-electron chi connectivity index (χ4n) is 9.69. The van der Waals surface area contributed by atoms with Gasteiger partial charge >= 0.3 is 0 Å². The molecule has 1 rings (SSSR count). The van der Waals surface area contributed by atoms with E-state index in [1.807, 2.05) is 6.08 Å². The maximum absolute atomic E-state index is 12.9. The Labute approximate surface area is 414 Å². The Hall–Kier alpha value is -1.07. The molecule has 0 spiro atoms. The van der Waals surface area contributed by atoms with Crippen LogP contribution in [0.25, 0.3) is 0 Å². The molecule has 9 heteroatoms. The number of allylic oxidation sites excluding steroid dienone is 1. The highest BCUT2D eigenvalue weighted by molar-refractivity contribution is 5.76. The summed E-state index contributed by atoms with van der Waals surface area (Å²) in [7, 11) is 0. The zero-order valence-corrected chi connectivity index (χ0v) is 44.2. The van der Waals surface area contributed by atoms with E-state index >= 15 is 0 Å². The molecule has 1 saturated heterocycles. The van der Waals surface area contributed by atoms with E-state index in [-0.39, 0.29) is 12.5 Å². The fourth-order valence-corrected chi connectivity index (χ4v) is 9.69. The van der Waals surface area contributed by atoms with Crippen molar-refractivity contribution in [1.82, 2.24) is 5.32 Å². The molecule has 0 aromatic carbocycles. The van der Waals surface area contributed by atoms with E-state index in [1.54, 1.807) is 6.08 Å². The maximum atomic E-state index is 12.9. The van der Waals surface area contributed by atoms with Crippen LogP contribution in [0.5, 0.6) is 0 Å². The Morgan fingerprint density at radius 1 is 0.493 bits per heavy atom. The molecule has 7 unspecified atom stereocenters. The van der Waals surface area contributed by atoms with Gasteiger partial charge < -0.3 is 40.3 Å². The largest absolute Gasteiger partial charge is 0.394 e. The Bertz CT molecular complexity index is 1060. The maximum Gasteiger partial charge on any atom is 0.220 e. The monoisotopic (exact) mass is 952 g/mol. The summed E-state index contributed by atoms with van der Waals surface area (Å²) in [4.78, 5) is 12.9. The third kappa shape index (κ3) is 38.3. The van der Waals surface area contributed by atoms with Gasteiger partial charge in [0.15, 0.2) is 6.29 Å². The zero-order chi connectivity index (χ0) is 48.7. The number of rotatable bonds is 51. The zero-order valence-electron chi connectivity index (χ0n) is 44.2. The van der Waals surface area contributed by atoms with Gasteiger partial charge in [0, 0.05) is 6.42 Å². The minimum atomic E-state index is -1.56. The molecule has 0 aromatic rings. The van der Waals surface area contributed by atoms with E-state index in [9.17, 15) is 30.3 Å². The summed E-state index contributed by atoms with van der Waals surface area (Å²) < 4.78 is 11.2. The lowest BCUT2D eigenvalue weighted by atomic mass is 9.99. The highest BCUT2D eigenvalue weighted by Crippen LogP contribution is 2.23. The van der Waals surface area contributed by atoms with Crippen LogP contribution in [0.2, 0.25) is 0 Å². The lowest BCUT2D eigenvalue weighted by Crippen LogP contribution is -2.60. The number of aliphatic hydroxyl groups excluding tert-OH is 5. The molecule has 1 heterocycles. The van der Waals surface area contributed by atoms with E-state index in [0.29, 0.717) is 6.42 Å². The van der Waals surface area contributed by atoms with Crippen molar-refractivity contribution in [1.29, 1.82) is 0 Å². The number of amides is 1.